The molecule has 1 fully saturated rings. The highest BCUT2D eigenvalue weighted by Crippen LogP contribution is 2.33. The van der Waals surface area contributed by atoms with Crippen molar-refractivity contribution in [1.29, 1.82) is 0 Å². The highest BCUT2D eigenvalue weighted by Gasteiger charge is 2.41. The standard InChI is InChI=1S/C9H17N3O2S/c1-4-6-8(13)5(2)7(11-12-10)9(14-6)15-3/h5-9,13H,4H2,1-3H3/t5-,6?,7?,8+,9+/m1/s1. The predicted octanol–water partition coefficient (Wildman–Crippen LogP) is 2.16. The molecule has 5 atom stereocenters. The molecule has 0 aromatic rings. The summed E-state index contributed by atoms with van der Waals surface area (Å²) in [6.07, 6.45) is 1.99. The maximum atomic E-state index is 9.93. The number of hydrogen-bond donors (Lipinski definition) is 1. The van der Waals surface area contributed by atoms with Crippen molar-refractivity contribution in [3.05, 3.63) is 10.4 Å². The van der Waals surface area contributed by atoms with Gasteiger partial charge in [0.15, 0.2) is 0 Å². The number of thioether (sulfide) groups is 1. The van der Waals surface area contributed by atoms with E-state index in [0.29, 0.717) is 0 Å². The van der Waals surface area contributed by atoms with E-state index in [1.165, 1.54) is 11.8 Å². The van der Waals surface area contributed by atoms with E-state index in [1.54, 1.807) is 0 Å². The second-order valence-corrected chi connectivity index (χ2v) is 4.67. The topological polar surface area (TPSA) is 78.2 Å². The van der Waals surface area contributed by atoms with Crippen LogP contribution in [0.25, 0.3) is 10.4 Å². The van der Waals surface area contributed by atoms with Gasteiger partial charge in [0.05, 0.1) is 18.2 Å². The highest BCUT2D eigenvalue weighted by atomic mass is 32.2. The Morgan fingerprint density at radius 1 is 1.60 bits per heavy atom. The Kier molecular flexibility index (Phi) is 4.73. The average Bonchev–Trinajstić information content (AvgIpc) is 2.25. The molecule has 1 rings (SSSR count). The molecule has 0 saturated carbocycles. The summed E-state index contributed by atoms with van der Waals surface area (Å²) in [5.74, 6) is -0.0583. The number of ether oxygens (including phenoxy) is 1. The number of azide groups is 1. The molecule has 0 spiro atoms. The summed E-state index contributed by atoms with van der Waals surface area (Å²) in [5, 5.41) is 13.6. The van der Waals surface area contributed by atoms with Gasteiger partial charge < -0.3 is 9.84 Å². The van der Waals surface area contributed by atoms with Crippen LogP contribution in [0.1, 0.15) is 20.3 Å². The van der Waals surface area contributed by atoms with Crippen LogP contribution in [0.5, 0.6) is 0 Å². The zero-order valence-corrected chi connectivity index (χ0v) is 10.0. The molecular weight excluding hydrogens is 214 g/mol. The Bertz CT molecular complexity index is 256. The minimum atomic E-state index is -0.547. The lowest BCUT2D eigenvalue weighted by atomic mass is 9.89. The fraction of sp³-hybridized carbons (Fsp3) is 1.00. The van der Waals surface area contributed by atoms with E-state index in [1.807, 2.05) is 20.1 Å². The summed E-state index contributed by atoms with van der Waals surface area (Å²) in [4.78, 5) is 2.81. The molecule has 1 saturated heterocycles. The fourth-order valence-corrected chi connectivity index (χ4v) is 2.71. The SMILES string of the molecule is CCC1O[C@@H](SC)C(N=[N+]=[N-])[C@@H](C)[C@@H]1O. The van der Waals surface area contributed by atoms with Gasteiger partial charge in [0.25, 0.3) is 0 Å². The monoisotopic (exact) mass is 231 g/mol. The molecule has 0 aliphatic carbocycles. The van der Waals surface area contributed by atoms with Crippen LogP contribution in [0, 0.1) is 5.92 Å². The van der Waals surface area contributed by atoms with Crippen molar-refractivity contribution < 1.29 is 9.84 Å². The minimum absolute atomic E-state index is 0.0583. The Morgan fingerprint density at radius 2 is 2.27 bits per heavy atom. The molecule has 86 valence electrons. The van der Waals surface area contributed by atoms with Crippen LogP contribution in [-0.4, -0.2) is 35.0 Å². The molecule has 2 unspecified atom stereocenters. The zero-order valence-electron chi connectivity index (χ0n) is 9.20. The number of rotatable bonds is 3. The third kappa shape index (κ3) is 2.58. The van der Waals surface area contributed by atoms with E-state index in [-0.39, 0.29) is 23.5 Å². The van der Waals surface area contributed by atoms with Crippen LogP contribution in [0.2, 0.25) is 0 Å². The summed E-state index contributed by atoms with van der Waals surface area (Å²) in [6.45, 7) is 3.88. The third-order valence-electron chi connectivity index (χ3n) is 2.87. The molecule has 0 amide bonds. The van der Waals surface area contributed by atoms with Crippen LogP contribution < -0.4 is 0 Å². The van der Waals surface area contributed by atoms with Crippen molar-refractivity contribution >= 4 is 11.8 Å². The van der Waals surface area contributed by atoms with E-state index in [0.717, 1.165) is 6.42 Å². The van der Waals surface area contributed by atoms with Gasteiger partial charge in [0, 0.05) is 4.91 Å². The van der Waals surface area contributed by atoms with Gasteiger partial charge in [-0.25, -0.2) is 0 Å². The Labute approximate surface area is 93.8 Å². The molecular formula is C9H17N3O2S. The Balaban J connectivity index is 2.83. The van der Waals surface area contributed by atoms with Crippen molar-refractivity contribution in [2.45, 2.75) is 44.0 Å². The van der Waals surface area contributed by atoms with Gasteiger partial charge in [-0.3, -0.25) is 0 Å². The quantitative estimate of drug-likeness (QED) is 0.459. The van der Waals surface area contributed by atoms with Gasteiger partial charge in [0.2, 0.25) is 0 Å². The lowest BCUT2D eigenvalue weighted by molar-refractivity contribution is -0.122. The number of aliphatic hydroxyl groups is 1. The van der Waals surface area contributed by atoms with E-state index in [9.17, 15) is 5.11 Å². The summed E-state index contributed by atoms with van der Waals surface area (Å²) in [5.41, 5.74) is 8.32. The molecule has 15 heavy (non-hydrogen) atoms. The molecule has 1 aliphatic rings. The van der Waals surface area contributed by atoms with Crippen LogP contribution in [-0.2, 0) is 4.74 Å². The average molecular weight is 231 g/mol. The summed E-state index contributed by atoms with van der Waals surface area (Å²) >= 11 is 1.52. The van der Waals surface area contributed by atoms with E-state index < -0.39 is 6.10 Å². The third-order valence-corrected chi connectivity index (χ3v) is 3.72. The zero-order chi connectivity index (χ0) is 11.4. The first-order valence-corrected chi connectivity index (χ1v) is 6.35. The lowest BCUT2D eigenvalue weighted by Crippen LogP contribution is -2.50. The van der Waals surface area contributed by atoms with Gasteiger partial charge in [-0.2, -0.15) is 0 Å². The first-order valence-electron chi connectivity index (χ1n) is 5.06. The molecule has 1 N–H and O–H groups in total. The molecule has 0 aromatic heterocycles. The molecule has 0 aromatic carbocycles. The smallest absolute Gasteiger partial charge is 0.112 e. The van der Waals surface area contributed by atoms with Gasteiger partial charge >= 0.3 is 0 Å². The van der Waals surface area contributed by atoms with Gasteiger partial charge in [-0.05, 0) is 24.1 Å². The number of hydrogen-bond acceptors (Lipinski definition) is 4. The van der Waals surface area contributed by atoms with Crippen molar-refractivity contribution in [3.63, 3.8) is 0 Å². The summed E-state index contributed by atoms with van der Waals surface area (Å²) in [6, 6.07) is -0.289. The van der Waals surface area contributed by atoms with Crippen LogP contribution in [0.15, 0.2) is 5.11 Å². The van der Waals surface area contributed by atoms with Crippen LogP contribution >= 0.6 is 11.8 Å². The molecule has 1 aliphatic heterocycles. The lowest BCUT2D eigenvalue weighted by Gasteiger charge is -2.41. The van der Waals surface area contributed by atoms with Crippen molar-refractivity contribution in [2.24, 2.45) is 11.0 Å². The minimum Gasteiger partial charge on any atom is -0.390 e. The van der Waals surface area contributed by atoms with E-state index >= 15 is 0 Å². The number of nitrogens with zero attached hydrogens (tertiary/aromatic N) is 3. The molecule has 6 heteroatoms. The molecule has 0 bridgehead atoms. The van der Waals surface area contributed by atoms with Gasteiger partial charge in [0.1, 0.15) is 5.44 Å². The molecule has 5 nitrogen and oxygen atoms in total. The fourth-order valence-electron chi connectivity index (χ4n) is 1.87. The maximum Gasteiger partial charge on any atom is 0.112 e. The second-order valence-electron chi connectivity index (χ2n) is 3.73. The summed E-state index contributed by atoms with van der Waals surface area (Å²) < 4.78 is 5.68. The van der Waals surface area contributed by atoms with Gasteiger partial charge in [-0.15, -0.1) is 11.8 Å². The maximum absolute atomic E-state index is 9.93. The Morgan fingerprint density at radius 3 is 2.73 bits per heavy atom. The van der Waals surface area contributed by atoms with Crippen molar-refractivity contribution in [3.8, 4) is 0 Å². The molecule has 1 heterocycles. The second kappa shape index (κ2) is 5.61. The van der Waals surface area contributed by atoms with E-state index in [2.05, 4.69) is 10.0 Å². The highest BCUT2D eigenvalue weighted by molar-refractivity contribution is 7.99. The first kappa shape index (κ1) is 12.6. The molecule has 0 radical (unpaired) electrons. The predicted molar refractivity (Wildman–Crippen MR) is 60.6 cm³/mol. The van der Waals surface area contributed by atoms with Crippen LogP contribution in [0.4, 0.5) is 0 Å². The first-order chi connectivity index (χ1) is 7.15. The van der Waals surface area contributed by atoms with Crippen LogP contribution in [0.3, 0.4) is 0 Å². The summed E-state index contributed by atoms with van der Waals surface area (Å²) in [7, 11) is 0. The largest absolute Gasteiger partial charge is 0.390 e. The van der Waals surface area contributed by atoms with E-state index in [4.69, 9.17) is 10.3 Å². The van der Waals surface area contributed by atoms with Crippen molar-refractivity contribution in [2.75, 3.05) is 6.26 Å². The normalized spacial score (nSPS) is 40.9. The number of aliphatic hydroxyl groups excluding tert-OH is 1. The van der Waals surface area contributed by atoms with Gasteiger partial charge in [-0.1, -0.05) is 19.0 Å². The Hall–Kier alpha value is -0.420. The van der Waals surface area contributed by atoms with Crippen molar-refractivity contribution in [1.82, 2.24) is 0 Å².